The zero-order valence-corrected chi connectivity index (χ0v) is 25.3. The molecule has 3 heterocycles. The number of hydrogen-bond acceptors (Lipinski definition) is 9. The third-order valence-electron chi connectivity index (χ3n) is 7.37. The summed E-state index contributed by atoms with van der Waals surface area (Å²) in [6, 6.07) is 26.7. The number of phenols is 1. The second kappa shape index (κ2) is 13.4. The van der Waals surface area contributed by atoms with Crippen LogP contribution >= 0.6 is 0 Å². The molecule has 0 amide bonds. The van der Waals surface area contributed by atoms with Gasteiger partial charge in [0.2, 0.25) is 5.89 Å². The summed E-state index contributed by atoms with van der Waals surface area (Å²) in [4.78, 5) is 20.7. The molecular weight excluding hydrogens is 566 g/mol. The number of aryl methyl sites for hydroxylation is 1. The number of para-hydroxylation sites is 1. The molecule has 9 heteroatoms. The molecule has 226 valence electrons. The van der Waals surface area contributed by atoms with E-state index in [-0.39, 0.29) is 5.75 Å². The van der Waals surface area contributed by atoms with Gasteiger partial charge in [0, 0.05) is 43.8 Å². The molecule has 0 aliphatic heterocycles. The van der Waals surface area contributed by atoms with Crippen LogP contribution in [0, 0.1) is 6.92 Å². The van der Waals surface area contributed by atoms with Crippen molar-refractivity contribution in [1.29, 1.82) is 0 Å². The maximum atomic E-state index is 10.9. The Labute approximate surface area is 261 Å². The largest absolute Gasteiger partial charge is 0.506 e. The zero-order chi connectivity index (χ0) is 31.2. The van der Waals surface area contributed by atoms with Crippen LogP contribution in [0.1, 0.15) is 28.1 Å². The monoisotopic (exact) mass is 599 g/mol. The fraction of sp³-hybridized carbons (Fsp3) is 0.167. The number of rotatable bonds is 11. The minimum Gasteiger partial charge on any atom is -0.506 e. The molecule has 3 aromatic carbocycles. The second-order valence-corrected chi connectivity index (χ2v) is 10.6. The number of aliphatic imine (C=N–C) groups is 1. The summed E-state index contributed by atoms with van der Waals surface area (Å²) >= 11 is 0. The lowest BCUT2D eigenvalue weighted by Crippen LogP contribution is -2.23. The van der Waals surface area contributed by atoms with Gasteiger partial charge in [0.05, 0.1) is 31.2 Å². The molecule has 0 saturated heterocycles. The highest BCUT2D eigenvalue weighted by Gasteiger charge is 2.18. The summed E-state index contributed by atoms with van der Waals surface area (Å²) < 4.78 is 17.6. The number of phenolic OH excluding ortho intramolecular Hbond substituents is 1. The first-order chi connectivity index (χ1) is 22.0. The molecule has 0 spiro atoms. The molecule has 45 heavy (non-hydrogen) atoms. The van der Waals surface area contributed by atoms with Crippen molar-refractivity contribution in [3.8, 4) is 28.7 Å². The summed E-state index contributed by atoms with van der Waals surface area (Å²) in [6.07, 6.45) is 5.24. The topological polar surface area (TPSA) is 106 Å². The van der Waals surface area contributed by atoms with Crippen LogP contribution in [0.5, 0.6) is 17.2 Å². The van der Waals surface area contributed by atoms with Crippen molar-refractivity contribution in [2.24, 2.45) is 4.99 Å². The van der Waals surface area contributed by atoms with Crippen LogP contribution in [-0.2, 0) is 19.6 Å². The molecule has 9 nitrogen and oxygen atoms in total. The van der Waals surface area contributed by atoms with Crippen LogP contribution in [0.3, 0.4) is 0 Å². The lowest BCUT2D eigenvalue weighted by Gasteiger charge is -2.23. The van der Waals surface area contributed by atoms with E-state index in [4.69, 9.17) is 18.9 Å². The van der Waals surface area contributed by atoms with Gasteiger partial charge in [-0.05, 0) is 72.6 Å². The predicted molar refractivity (Wildman–Crippen MR) is 174 cm³/mol. The number of aromatic hydroxyl groups is 1. The Hall–Kier alpha value is -5.54. The maximum Gasteiger partial charge on any atom is 0.231 e. The quantitative estimate of drug-likeness (QED) is 0.155. The SMILES string of the molecule is COc1cc(-c2nc3ccc(C)cc3o2)c(OC)cc1C=Nc1c(O)cccc1CN(Cc1ccccn1)Cc1ccccn1. The minimum absolute atomic E-state index is 0.0729. The molecule has 0 radical (unpaired) electrons. The summed E-state index contributed by atoms with van der Waals surface area (Å²) in [5.41, 5.74) is 7.04. The van der Waals surface area contributed by atoms with Gasteiger partial charge in [0.1, 0.15) is 28.5 Å². The normalized spacial score (nSPS) is 11.5. The van der Waals surface area contributed by atoms with Gasteiger partial charge in [-0.25, -0.2) is 4.98 Å². The fourth-order valence-corrected chi connectivity index (χ4v) is 5.18. The molecule has 0 unspecified atom stereocenters. The number of pyridine rings is 2. The lowest BCUT2D eigenvalue weighted by atomic mass is 10.1. The van der Waals surface area contributed by atoms with Crippen LogP contribution in [0.4, 0.5) is 5.69 Å². The van der Waals surface area contributed by atoms with Gasteiger partial charge in [-0.1, -0.05) is 30.3 Å². The van der Waals surface area contributed by atoms with E-state index in [9.17, 15) is 5.11 Å². The second-order valence-electron chi connectivity index (χ2n) is 10.6. The number of aromatic nitrogens is 3. The van der Waals surface area contributed by atoms with Crippen LogP contribution in [0.15, 0.2) is 107 Å². The average Bonchev–Trinajstić information content (AvgIpc) is 3.48. The molecule has 0 atom stereocenters. The van der Waals surface area contributed by atoms with Crippen molar-refractivity contribution in [3.05, 3.63) is 125 Å². The Morgan fingerprint density at radius 2 is 1.56 bits per heavy atom. The van der Waals surface area contributed by atoms with Gasteiger partial charge in [-0.3, -0.25) is 19.9 Å². The van der Waals surface area contributed by atoms with Crippen LogP contribution in [0.2, 0.25) is 0 Å². The highest BCUT2D eigenvalue weighted by molar-refractivity contribution is 5.89. The molecule has 0 aliphatic carbocycles. The molecule has 0 aliphatic rings. The molecule has 0 saturated carbocycles. The van der Waals surface area contributed by atoms with Crippen molar-refractivity contribution in [3.63, 3.8) is 0 Å². The molecule has 0 bridgehead atoms. The van der Waals surface area contributed by atoms with Gasteiger partial charge in [-0.15, -0.1) is 0 Å². The van der Waals surface area contributed by atoms with Crippen LogP contribution < -0.4 is 9.47 Å². The first kappa shape index (κ1) is 29.5. The van der Waals surface area contributed by atoms with E-state index < -0.39 is 0 Å². The van der Waals surface area contributed by atoms with E-state index in [0.29, 0.717) is 59.4 Å². The summed E-state index contributed by atoms with van der Waals surface area (Å²) in [5.74, 6) is 1.61. The van der Waals surface area contributed by atoms with Crippen molar-refractivity contribution in [2.75, 3.05) is 14.2 Å². The molecule has 3 aromatic heterocycles. The molecule has 6 rings (SSSR count). The first-order valence-corrected chi connectivity index (χ1v) is 14.5. The predicted octanol–water partition coefficient (Wildman–Crippen LogP) is 7.27. The molecule has 6 aromatic rings. The highest BCUT2D eigenvalue weighted by atomic mass is 16.5. The van der Waals surface area contributed by atoms with E-state index in [2.05, 4.69) is 19.9 Å². The van der Waals surface area contributed by atoms with Gasteiger partial charge >= 0.3 is 0 Å². The Kier molecular flexibility index (Phi) is 8.79. The zero-order valence-electron chi connectivity index (χ0n) is 25.3. The third-order valence-corrected chi connectivity index (χ3v) is 7.37. The summed E-state index contributed by atoms with van der Waals surface area (Å²) in [5, 5.41) is 10.9. The number of nitrogens with zero attached hydrogens (tertiary/aromatic N) is 5. The molecule has 0 fully saturated rings. The van der Waals surface area contributed by atoms with E-state index in [1.807, 2.05) is 85.8 Å². The molecule has 1 N–H and O–H groups in total. The standard InChI is InChI=1S/C36H33N5O4/c1-24-13-14-30-34(17-24)45-36(40-30)29-19-32(43-2)26(18-33(29)44-3)20-39-35-25(9-8-12-31(35)42)21-41(22-27-10-4-6-15-37-27)23-28-11-5-7-16-38-28/h4-20,42H,21-23H2,1-3H3. The Morgan fingerprint density at radius 3 is 2.22 bits per heavy atom. The van der Waals surface area contributed by atoms with E-state index in [1.165, 1.54) is 0 Å². The third kappa shape index (κ3) is 6.84. The Bertz CT molecular complexity index is 1900. The fourth-order valence-electron chi connectivity index (χ4n) is 5.18. The summed E-state index contributed by atoms with van der Waals surface area (Å²) in [6.45, 7) is 3.70. The van der Waals surface area contributed by atoms with Gasteiger partial charge in [0.15, 0.2) is 5.58 Å². The maximum absolute atomic E-state index is 10.9. The lowest BCUT2D eigenvalue weighted by molar-refractivity contribution is 0.242. The van der Waals surface area contributed by atoms with Gasteiger partial charge in [0.25, 0.3) is 0 Å². The van der Waals surface area contributed by atoms with Crippen molar-refractivity contribution in [1.82, 2.24) is 19.9 Å². The van der Waals surface area contributed by atoms with Crippen molar-refractivity contribution < 1.29 is 19.0 Å². The molecular formula is C36H33N5O4. The van der Waals surface area contributed by atoms with Gasteiger partial charge < -0.3 is 19.0 Å². The first-order valence-electron chi connectivity index (χ1n) is 14.5. The number of fused-ring (bicyclic) bond motifs is 1. The van der Waals surface area contributed by atoms with Gasteiger partial charge in [-0.2, -0.15) is 0 Å². The number of methoxy groups -OCH3 is 2. The Balaban J connectivity index is 1.32. The van der Waals surface area contributed by atoms with Crippen molar-refractivity contribution in [2.45, 2.75) is 26.6 Å². The van der Waals surface area contributed by atoms with Crippen molar-refractivity contribution >= 4 is 23.0 Å². The Morgan fingerprint density at radius 1 is 0.822 bits per heavy atom. The van der Waals surface area contributed by atoms with E-state index in [0.717, 1.165) is 28.0 Å². The smallest absolute Gasteiger partial charge is 0.231 e. The van der Waals surface area contributed by atoms with E-state index in [1.54, 1.807) is 38.9 Å². The number of ether oxygens (including phenoxy) is 2. The average molecular weight is 600 g/mol. The van der Waals surface area contributed by atoms with Crippen LogP contribution in [0.25, 0.3) is 22.6 Å². The highest BCUT2D eigenvalue weighted by Crippen LogP contribution is 2.38. The minimum atomic E-state index is 0.0729. The van der Waals surface area contributed by atoms with Crippen LogP contribution in [-0.4, -0.2) is 45.4 Å². The number of oxazole rings is 1. The summed E-state index contributed by atoms with van der Waals surface area (Å²) in [7, 11) is 3.19. The number of hydrogen-bond donors (Lipinski definition) is 1. The van der Waals surface area contributed by atoms with E-state index >= 15 is 0 Å². The number of benzene rings is 3.